The zero-order valence-electron chi connectivity index (χ0n) is 14.4. The molecule has 0 heterocycles. The molecule has 2 N–H and O–H groups in total. The molecule has 5 rings (SSSR count). The van der Waals surface area contributed by atoms with Gasteiger partial charge in [0.15, 0.2) is 0 Å². The Labute approximate surface area is 153 Å². The van der Waals surface area contributed by atoms with E-state index >= 15 is 0 Å². The van der Waals surface area contributed by atoms with Gasteiger partial charge in [0.2, 0.25) is 0 Å². The van der Waals surface area contributed by atoms with Crippen molar-refractivity contribution >= 4 is 22.4 Å². The predicted octanol–water partition coefficient (Wildman–Crippen LogP) is 5.78. The van der Waals surface area contributed by atoms with Crippen LogP contribution >= 0.6 is 0 Å². The fourth-order valence-corrected chi connectivity index (χ4v) is 3.93. The van der Waals surface area contributed by atoms with Crippen LogP contribution in [-0.2, 0) is 6.42 Å². The SMILES string of the molecule is C1=C(c2ccccc2)Cc2cccc3c(-c4ccccc4)ccc1c23.O. The van der Waals surface area contributed by atoms with E-state index in [4.69, 9.17) is 0 Å². The van der Waals surface area contributed by atoms with E-state index in [1.807, 2.05) is 0 Å². The Balaban J connectivity index is 0.00000168. The largest absolute Gasteiger partial charge is 0.412 e. The fraction of sp³-hybridized carbons (Fsp3) is 0.0400. The van der Waals surface area contributed by atoms with Gasteiger partial charge in [-0.25, -0.2) is 0 Å². The van der Waals surface area contributed by atoms with E-state index in [1.54, 1.807) is 0 Å². The summed E-state index contributed by atoms with van der Waals surface area (Å²) in [4.78, 5) is 0. The van der Waals surface area contributed by atoms with Gasteiger partial charge in [0.1, 0.15) is 0 Å². The van der Waals surface area contributed by atoms with Crippen LogP contribution in [0.4, 0.5) is 0 Å². The molecule has 126 valence electrons. The minimum atomic E-state index is 0. The summed E-state index contributed by atoms with van der Waals surface area (Å²) in [6.07, 6.45) is 3.35. The first-order valence-electron chi connectivity index (χ1n) is 8.76. The summed E-state index contributed by atoms with van der Waals surface area (Å²) in [6, 6.07) is 32.7. The third-order valence-electron chi connectivity index (χ3n) is 5.10. The van der Waals surface area contributed by atoms with Crippen LogP contribution in [0.5, 0.6) is 0 Å². The molecule has 0 aromatic heterocycles. The molecule has 0 unspecified atom stereocenters. The lowest BCUT2D eigenvalue weighted by atomic mass is 9.84. The van der Waals surface area contributed by atoms with Gasteiger partial charge in [-0.3, -0.25) is 0 Å². The maximum atomic E-state index is 2.36. The normalized spacial score (nSPS) is 12.4. The summed E-state index contributed by atoms with van der Waals surface area (Å²) < 4.78 is 0. The maximum Gasteiger partial charge on any atom is -0.00132 e. The van der Waals surface area contributed by atoms with E-state index in [1.165, 1.54) is 44.2 Å². The van der Waals surface area contributed by atoms with Crippen molar-refractivity contribution in [1.29, 1.82) is 0 Å². The van der Waals surface area contributed by atoms with Gasteiger partial charge < -0.3 is 5.48 Å². The van der Waals surface area contributed by atoms with Gasteiger partial charge in [-0.2, -0.15) is 0 Å². The third kappa shape index (κ3) is 2.63. The Hall–Kier alpha value is -3.16. The smallest absolute Gasteiger partial charge is 0.00132 e. The Morgan fingerprint density at radius 3 is 2.00 bits per heavy atom. The third-order valence-corrected chi connectivity index (χ3v) is 5.10. The summed E-state index contributed by atoms with van der Waals surface area (Å²) in [5.41, 5.74) is 8.06. The van der Waals surface area contributed by atoms with Gasteiger partial charge in [-0.1, -0.05) is 97.1 Å². The molecule has 0 amide bonds. The molecular formula is C25H20O. The molecule has 4 aromatic carbocycles. The first-order chi connectivity index (χ1) is 12.4. The molecule has 0 saturated heterocycles. The molecule has 1 heteroatoms. The van der Waals surface area contributed by atoms with Crippen molar-refractivity contribution in [2.75, 3.05) is 0 Å². The van der Waals surface area contributed by atoms with Crippen molar-refractivity contribution < 1.29 is 5.48 Å². The molecule has 0 aliphatic heterocycles. The Morgan fingerprint density at radius 2 is 1.27 bits per heavy atom. The monoisotopic (exact) mass is 336 g/mol. The predicted molar refractivity (Wildman–Crippen MR) is 111 cm³/mol. The van der Waals surface area contributed by atoms with E-state index in [0.29, 0.717) is 0 Å². The van der Waals surface area contributed by atoms with Crippen molar-refractivity contribution in [2.24, 2.45) is 0 Å². The van der Waals surface area contributed by atoms with Crippen LogP contribution in [0.15, 0.2) is 91.0 Å². The molecule has 0 fully saturated rings. The van der Waals surface area contributed by atoms with Gasteiger partial charge in [0, 0.05) is 0 Å². The molecular weight excluding hydrogens is 316 g/mol. The molecule has 1 nitrogen and oxygen atoms in total. The van der Waals surface area contributed by atoms with Crippen molar-refractivity contribution in [3.63, 3.8) is 0 Å². The lowest BCUT2D eigenvalue weighted by molar-refractivity contribution is 0.824. The quantitative estimate of drug-likeness (QED) is 0.444. The molecule has 0 spiro atoms. The highest BCUT2D eigenvalue weighted by atomic mass is 16.0. The molecule has 26 heavy (non-hydrogen) atoms. The van der Waals surface area contributed by atoms with Gasteiger partial charge in [0.05, 0.1) is 0 Å². The zero-order chi connectivity index (χ0) is 16.6. The lowest BCUT2D eigenvalue weighted by Gasteiger charge is -2.20. The minimum Gasteiger partial charge on any atom is -0.412 e. The number of rotatable bonds is 2. The second-order valence-electron chi connectivity index (χ2n) is 6.62. The average Bonchev–Trinajstić information content (AvgIpc) is 2.70. The molecule has 4 aromatic rings. The molecule has 1 aliphatic rings. The van der Waals surface area contributed by atoms with E-state index in [2.05, 4.69) is 97.1 Å². The highest BCUT2D eigenvalue weighted by Crippen LogP contribution is 2.39. The first kappa shape index (κ1) is 16.3. The fourth-order valence-electron chi connectivity index (χ4n) is 3.93. The van der Waals surface area contributed by atoms with Gasteiger partial charge in [0.25, 0.3) is 0 Å². The van der Waals surface area contributed by atoms with Crippen molar-refractivity contribution in [3.05, 3.63) is 108 Å². The summed E-state index contributed by atoms with van der Waals surface area (Å²) in [7, 11) is 0. The van der Waals surface area contributed by atoms with Gasteiger partial charge >= 0.3 is 0 Å². The van der Waals surface area contributed by atoms with Crippen LogP contribution < -0.4 is 0 Å². The van der Waals surface area contributed by atoms with Gasteiger partial charge in [-0.15, -0.1) is 0 Å². The van der Waals surface area contributed by atoms with Crippen LogP contribution in [0.25, 0.3) is 33.5 Å². The number of allylic oxidation sites excluding steroid dienone is 1. The maximum absolute atomic E-state index is 2.36. The molecule has 0 bridgehead atoms. The highest BCUT2D eigenvalue weighted by Gasteiger charge is 2.16. The van der Waals surface area contributed by atoms with Gasteiger partial charge in [-0.05, 0) is 50.6 Å². The van der Waals surface area contributed by atoms with Crippen LogP contribution in [0.2, 0.25) is 0 Å². The van der Waals surface area contributed by atoms with Crippen LogP contribution in [-0.4, -0.2) is 5.48 Å². The number of hydrogen-bond acceptors (Lipinski definition) is 0. The molecule has 1 aliphatic carbocycles. The van der Waals surface area contributed by atoms with E-state index in [9.17, 15) is 0 Å². The van der Waals surface area contributed by atoms with Crippen LogP contribution in [0.3, 0.4) is 0 Å². The summed E-state index contributed by atoms with van der Waals surface area (Å²) in [6.45, 7) is 0. The summed E-state index contributed by atoms with van der Waals surface area (Å²) in [5.74, 6) is 0. The Kier molecular flexibility index (Phi) is 4.16. The highest BCUT2D eigenvalue weighted by molar-refractivity contribution is 6.07. The van der Waals surface area contributed by atoms with Crippen molar-refractivity contribution in [3.8, 4) is 11.1 Å². The topological polar surface area (TPSA) is 31.5 Å². The summed E-state index contributed by atoms with van der Waals surface area (Å²) >= 11 is 0. The standard InChI is InChI=1S/C25H18.H2O/c1-3-8-18(9-4-1)22-16-20-12-7-13-24-23(19-10-5-2-6-11-19)15-14-21(17-22)25(20)24;/h1-15,17H,16H2;1H2. The lowest BCUT2D eigenvalue weighted by Crippen LogP contribution is -1.99. The molecule has 0 radical (unpaired) electrons. The zero-order valence-corrected chi connectivity index (χ0v) is 14.4. The second kappa shape index (κ2) is 6.62. The Morgan fingerprint density at radius 1 is 0.577 bits per heavy atom. The molecule has 0 atom stereocenters. The Bertz CT molecular complexity index is 1090. The average molecular weight is 336 g/mol. The molecule has 0 saturated carbocycles. The van der Waals surface area contributed by atoms with E-state index < -0.39 is 0 Å². The number of benzene rings is 4. The van der Waals surface area contributed by atoms with E-state index in [-0.39, 0.29) is 5.48 Å². The summed E-state index contributed by atoms with van der Waals surface area (Å²) in [5, 5.41) is 2.76. The van der Waals surface area contributed by atoms with Crippen LogP contribution in [0, 0.1) is 0 Å². The minimum absolute atomic E-state index is 0. The first-order valence-corrected chi connectivity index (χ1v) is 8.76. The second-order valence-corrected chi connectivity index (χ2v) is 6.62. The van der Waals surface area contributed by atoms with Crippen molar-refractivity contribution in [1.82, 2.24) is 0 Å². The van der Waals surface area contributed by atoms with Crippen molar-refractivity contribution in [2.45, 2.75) is 6.42 Å². The number of hydrogen-bond donors (Lipinski definition) is 0. The van der Waals surface area contributed by atoms with E-state index in [0.717, 1.165) is 6.42 Å². The van der Waals surface area contributed by atoms with Crippen LogP contribution in [0.1, 0.15) is 16.7 Å².